The van der Waals surface area contributed by atoms with E-state index in [1.165, 1.54) is 5.56 Å². The van der Waals surface area contributed by atoms with Crippen LogP contribution in [0.4, 0.5) is 0 Å². The highest BCUT2D eigenvalue weighted by Crippen LogP contribution is 2.28. The molecule has 6 nitrogen and oxygen atoms in total. The molecular formula is C18H14BrClN6. The van der Waals surface area contributed by atoms with Crippen molar-refractivity contribution in [2.75, 3.05) is 0 Å². The molecule has 0 saturated carbocycles. The van der Waals surface area contributed by atoms with Gasteiger partial charge in [0, 0.05) is 5.02 Å². The van der Waals surface area contributed by atoms with E-state index < -0.39 is 0 Å². The summed E-state index contributed by atoms with van der Waals surface area (Å²) in [6, 6.07) is 15.7. The van der Waals surface area contributed by atoms with Crippen molar-refractivity contribution in [2.24, 2.45) is 0 Å². The summed E-state index contributed by atoms with van der Waals surface area (Å²) in [7, 11) is 0. The fourth-order valence-electron chi connectivity index (χ4n) is 2.66. The molecule has 4 rings (SSSR count). The lowest BCUT2D eigenvalue weighted by molar-refractivity contribution is 0.572. The average molecular weight is 430 g/mol. The van der Waals surface area contributed by atoms with Crippen LogP contribution in [0.1, 0.15) is 11.1 Å². The molecule has 0 N–H and O–H groups in total. The number of tetrazole rings is 1. The van der Waals surface area contributed by atoms with E-state index in [1.807, 2.05) is 36.4 Å². The van der Waals surface area contributed by atoms with Crippen LogP contribution in [-0.2, 0) is 6.54 Å². The highest BCUT2D eigenvalue weighted by atomic mass is 79.9. The predicted molar refractivity (Wildman–Crippen MR) is 103 cm³/mol. The maximum absolute atomic E-state index is 6.07. The molecule has 0 bridgehead atoms. The van der Waals surface area contributed by atoms with E-state index in [9.17, 15) is 0 Å². The Hall–Kier alpha value is -2.51. The molecule has 0 spiro atoms. The van der Waals surface area contributed by atoms with E-state index in [0.717, 1.165) is 21.4 Å². The van der Waals surface area contributed by atoms with E-state index in [1.54, 1.807) is 15.7 Å². The van der Waals surface area contributed by atoms with Crippen molar-refractivity contribution in [3.05, 3.63) is 75.5 Å². The van der Waals surface area contributed by atoms with E-state index in [0.29, 0.717) is 17.4 Å². The first-order chi connectivity index (χ1) is 12.6. The predicted octanol–water partition coefficient (Wildman–Crippen LogP) is 4.30. The number of halogens is 2. The van der Waals surface area contributed by atoms with E-state index >= 15 is 0 Å². The number of hydrogen-bond donors (Lipinski definition) is 0. The molecule has 8 heteroatoms. The number of aromatic nitrogens is 6. The fraction of sp³-hybridized carbons (Fsp3) is 0.111. The first kappa shape index (κ1) is 16.9. The SMILES string of the molecule is Cc1cccc(Cn2nnc(-c3cnn(-c4cccc(Cl)c4)c3Br)n2)c1. The summed E-state index contributed by atoms with van der Waals surface area (Å²) in [6.07, 6.45) is 1.71. The van der Waals surface area contributed by atoms with Gasteiger partial charge in [-0.15, -0.1) is 10.2 Å². The van der Waals surface area contributed by atoms with Crippen LogP contribution in [0.25, 0.3) is 17.1 Å². The minimum Gasteiger partial charge on any atom is -0.226 e. The summed E-state index contributed by atoms with van der Waals surface area (Å²) in [5.41, 5.74) is 3.94. The van der Waals surface area contributed by atoms with Gasteiger partial charge in [-0.2, -0.15) is 9.90 Å². The maximum atomic E-state index is 6.07. The van der Waals surface area contributed by atoms with Crippen LogP contribution >= 0.6 is 27.5 Å². The Morgan fingerprint density at radius 2 is 1.96 bits per heavy atom. The second-order valence-electron chi connectivity index (χ2n) is 5.87. The molecule has 2 aromatic carbocycles. The molecule has 0 atom stereocenters. The van der Waals surface area contributed by atoms with Gasteiger partial charge in [0.25, 0.3) is 0 Å². The zero-order valence-corrected chi connectivity index (χ0v) is 16.2. The molecular weight excluding hydrogens is 416 g/mol. The Kier molecular flexibility index (Phi) is 4.57. The van der Waals surface area contributed by atoms with Crippen LogP contribution in [0.15, 0.2) is 59.3 Å². The largest absolute Gasteiger partial charge is 0.226 e. The van der Waals surface area contributed by atoms with Crippen molar-refractivity contribution >= 4 is 27.5 Å². The van der Waals surface area contributed by atoms with Gasteiger partial charge in [-0.3, -0.25) is 0 Å². The molecule has 0 amide bonds. The smallest absolute Gasteiger partial charge is 0.209 e. The van der Waals surface area contributed by atoms with E-state index in [-0.39, 0.29) is 0 Å². The molecule has 2 aromatic heterocycles. The third kappa shape index (κ3) is 3.40. The molecule has 0 aliphatic rings. The number of hydrogen-bond acceptors (Lipinski definition) is 4. The summed E-state index contributed by atoms with van der Waals surface area (Å²) in [5.74, 6) is 0.512. The van der Waals surface area contributed by atoms with Crippen molar-refractivity contribution in [3.63, 3.8) is 0 Å². The third-order valence-electron chi connectivity index (χ3n) is 3.86. The van der Waals surface area contributed by atoms with Gasteiger partial charge >= 0.3 is 0 Å². The lowest BCUT2D eigenvalue weighted by Crippen LogP contribution is -2.04. The Labute approximate surface area is 163 Å². The van der Waals surface area contributed by atoms with Gasteiger partial charge < -0.3 is 0 Å². The molecule has 26 heavy (non-hydrogen) atoms. The lowest BCUT2D eigenvalue weighted by Gasteiger charge is -2.03. The van der Waals surface area contributed by atoms with E-state index in [4.69, 9.17) is 11.6 Å². The van der Waals surface area contributed by atoms with Crippen molar-refractivity contribution in [3.8, 4) is 17.1 Å². The number of aryl methyl sites for hydroxylation is 1. The third-order valence-corrected chi connectivity index (χ3v) is 4.86. The minimum atomic E-state index is 0.512. The highest BCUT2D eigenvalue weighted by Gasteiger charge is 2.16. The Morgan fingerprint density at radius 3 is 2.77 bits per heavy atom. The van der Waals surface area contributed by atoms with Crippen LogP contribution in [0.3, 0.4) is 0 Å². The molecule has 130 valence electrons. The van der Waals surface area contributed by atoms with Gasteiger partial charge in [-0.25, -0.2) is 4.68 Å². The molecule has 0 radical (unpaired) electrons. The normalized spacial score (nSPS) is 11.0. The quantitative estimate of drug-likeness (QED) is 0.485. The van der Waals surface area contributed by atoms with Gasteiger partial charge in [0.1, 0.15) is 4.60 Å². The van der Waals surface area contributed by atoms with Gasteiger partial charge in [0.2, 0.25) is 5.82 Å². The fourth-order valence-corrected chi connectivity index (χ4v) is 3.42. The zero-order valence-electron chi connectivity index (χ0n) is 13.8. The van der Waals surface area contributed by atoms with Crippen LogP contribution in [0.5, 0.6) is 0 Å². The number of benzene rings is 2. The van der Waals surface area contributed by atoms with Gasteiger partial charge in [-0.1, -0.05) is 47.5 Å². The Morgan fingerprint density at radius 1 is 1.12 bits per heavy atom. The summed E-state index contributed by atoms with van der Waals surface area (Å²) < 4.78 is 2.48. The van der Waals surface area contributed by atoms with Crippen LogP contribution in [0.2, 0.25) is 5.02 Å². The van der Waals surface area contributed by atoms with Crippen LogP contribution in [0, 0.1) is 6.92 Å². The van der Waals surface area contributed by atoms with Crippen LogP contribution < -0.4 is 0 Å². The minimum absolute atomic E-state index is 0.512. The van der Waals surface area contributed by atoms with E-state index in [2.05, 4.69) is 55.5 Å². The molecule has 0 unspecified atom stereocenters. The monoisotopic (exact) mass is 428 g/mol. The van der Waals surface area contributed by atoms with Gasteiger partial charge in [0.05, 0.1) is 24.0 Å². The number of nitrogens with zero attached hydrogens (tertiary/aromatic N) is 6. The van der Waals surface area contributed by atoms with Crippen LogP contribution in [-0.4, -0.2) is 30.0 Å². The van der Waals surface area contributed by atoms with Gasteiger partial charge in [0.15, 0.2) is 0 Å². The first-order valence-electron chi connectivity index (χ1n) is 7.93. The van der Waals surface area contributed by atoms with Crippen molar-refractivity contribution in [1.29, 1.82) is 0 Å². The summed E-state index contributed by atoms with van der Waals surface area (Å²) in [5, 5.41) is 17.8. The Balaban J connectivity index is 1.62. The molecule has 0 aliphatic heterocycles. The first-order valence-corrected chi connectivity index (χ1v) is 9.10. The Bertz CT molecular complexity index is 1070. The van der Waals surface area contributed by atoms with Gasteiger partial charge in [-0.05, 0) is 51.8 Å². The van der Waals surface area contributed by atoms with Crippen molar-refractivity contribution < 1.29 is 0 Å². The lowest BCUT2D eigenvalue weighted by atomic mass is 10.1. The summed E-state index contributed by atoms with van der Waals surface area (Å²) >= 11 is 9.64. The molecule has 0 saturated heterocycles. The zero-order chi connectivity index (χ0) is 18.1. The van der Waals surface area contributed by atoms with Crippen molar-refractivity contribution in [1.82, 2.24) is 30.0 Å². The summed E-state index contributed by atoms with van der Waals surface area (Å²) in [4.78, 5) is 1.58. The number of rotatable bonds is 4. The highest BCUT2D eigenvalue weighted by molar-refractivity contribution is 9.10. The molecule has 0 fully saturated rings. The standard InChI is InChI=1S/C18H14BrClN6/c1-12-4-2-5-13(8-12)11-25-23-18(22-24-25)16-10-21-26(17(16)19)15-7-3-6-14(20)9-15/h2-10H,11H2,1H3. The van der Waals surface area contributed by atoms with Crippen molar-refractivity contribution in [2.45, 2.75) is 13.5 Å². The average Bonchev–Trinajstić information content (AvgIpc) is 3.21. The second-order valence-corrected chi connectivity index (χ2v) is 7.06. The molecule has 4 aromatic rings. The topological polar surface area (TPSA) is 61.4 Å². The molecule has 0 aliphatic carbocycles. The maximum Gasteiger partial charge on any atom is 0.209 e. The second kappa shape index (κ2) is 7.01. The molecule has 2 heterocycles. The summed E-state index contributed by atoms with van der Waals surface area (Å²) in [6.45, 7) is 2.62.